The minimum absolute atomic E-state index is 0.0347. The Bertz CT molecular complexity index is 1270. The number of halogens is 5. The van der Waals surface area contributed by atoms with Gasteiger partial charge in [-0.05, 0) is 57.0 Å². The SMILES string of the molecule is Cc1cc[nH]cc(F)ccc1-c1c(F)cc2c(c1C(F)(F)F)-n1c(C)nnc1C(C)(C)N2. The number of fused-ring (bicyclic) bond motifs is 3. The van der Waals surface area contributed by atoms with E-state index in [9.17, 15) is 17.6 Å². The fourth-order valence-electron chi connectivity index (χ4n) is 3.95. The van der Waals surface area contributed by atoms with Crippen molar-refractivity contribution in [2.45, 2.75) is 39.4 Å². The van der Waals surface area contributed by atoms with Crippen LogP contribution in [0.5, 0.6) is 0 Å². The minimum atomic E-state index is -4.94. The number of aryl methyl sites for hydroxylation is 2. The molecule has 1 aromatic carbocycles. The van der Waals surface area contributed by atoms with Crippen LogP contribution in [0.1, 0.15) is 36.6 Å². The Hall–Kier alpha value is -3.43. The molecular formula is C22H20F5N5. The van der Waals surface area contributed by atoms with E-state index in [0.717, 1.165) is 24.4 Å². The monoisotopic (exact) mass is 449 g/mol. The number of aromatic nitrogens is 4. The van der Waals surface area contributed by atoms with E-state index in [4.69, 9.17) is 0 Å². The first-order valence-corrected chi connectivity index (χ1v) is 9.74. The van der Waals surface area contributed by atoms with Crippen molar-refractivity contribution in [3.8, 4) is 16.8 Å². The molecule has 0 unspecified atom stereocenters. The van der Waals surface area contributed by atoms with Crippen molar-refractivity contribution in [2.75, 3.05) is 5.32 Å². The van der Waals surface area contributed by atoms with Gasteiger partial charge in [0.25, 0.3) is 0 Å². The molecule has 0 saturated heterocycles. The summed E-state index contributed by atoms with van der Waals surface area (Å²) in [4.78, 5) is 2.57. The Kier molecular flexibility index (Phi) is 4.98. The summed E-state index contributed by atoms with van der Waals surface area (Å²) in [5.41, 5.74) is -2.87. The zero-order chi connectivity index (χ0) is 23.4. The van der Waals surface area contributed by atoms with E-state index in [1.807, 2.05) is 0 Å². The van der Waals surface area contributed by atoms with Gasteiger partial charge in [-0.2, -0.15) is 13.2 Å². The van der Waals surface area contributed by atoms with Gasteiger partial charge in [-0.3, -0.25) is 4.57 Å². The van der Waals surface area contributed by atoms with Crippen LogP contribution in [0.4, 0.5) is 27.6 Å². The highest BCUT2D eigenvalue weighted by Crippen LogP contribution is 2.49. The number of rotatable bonds is 1. The molecule has 0 atom stereocenters. The van der Waals surface area contributed by atoms with Gasteiger partial charge in [0.2, 0.25) is 0 Å². The van der Waals surface area contributed by atoms with Gasteiger partial charge in [0.15, 0.2) is 5.82 Å². The second-order valence-electron chi connectivity index (χ2n) is 8.12. The molecule has 0 spiro atoms. The highest BCUT2D eigenvalue weighted by Gasteiger charge is 2.45. The van der Waals surface area contributed by atoms with E-state index in [1.54, 1.807) is 13.8 Å². The van der Waals surface area contributed by atoms with Crippen LogP contribution in [0.3, 0.4) is 0 Å². The molecule has 1 aliphatic heterocycles. The van der Waals surface area contributed by atoms with Gasteiger partial charge in [0.05, 0.1) is 22.5 Å². The summed E-state index contributed by atoms with van der Waals surface area (Å²) in [5.74, 6) is -1.32. The van der Waals surface area contributed by atoms with E-state index in [1.165, 1.54) is 30.7 Å². The average molecular weight is 449 g/mol. The molecule has 5 nitrogen and oxygen atoms in total. The molecule has 2 aromatic heterocycles. The van der Waals surface area contributed by atoms with Crippen molar-refractivity contribution in [1.29, 1.82) is 0 Å². The maximum Gasteiger partial charge on any atom is 0.419 e. The third-order valence-corrected chi connectivity index (χ3v) is 5.34. The Balaban J connectivity index is 2.19. The number of anilines is 1. The van der Waals surface area contributed by atoms with Crippen molar-refractivity contribution in [3.05, 3.63) is 71.1 Å². The van der Waals surface area contributed by atoms with Crippen molar-refractivity contribution < 1.29 is 22.0 Å². The zero-order valence-electron chi connectivity index (χ0n) is 17.7. The summed E-state index contributed by atoms with van der Waals surface area (Å²) in [6.45, 7) is 6.49. The summed E-state index contributed by atoms with van der Waals surface area (Å²) >= 11 is 0. The lowest BCUT2D eigenvalue weighted by molar-refractivity contribution is -0.137. The largest absolute Gasteiger partial charge is 0.419 e. The number of aromatic amines is 1. The second-order valence-corrected chi connectivity index (χ2v) is 8.12. The van der Waals surface area contributed by atoms with Crippen LogP contribution in [-0.2, 0) is 11.7 Å². The Morgan fingerprint density at radius 3 is 2.44 bits per heavy atom. The van der Waals surface area contributed by atoms with Gasteiger partial charge in [0.1, 0.15) is 17.5 Å². The second kappa shape index (κ2) is 7.32. The van der Waals surface area contributed by atoms with Gasteiger partial charge < -0.3 is 10.3 Å². The Morgan fingerprint density at radius 1 is 1.03 bits per heavy atom. The van der Waals surface area contributed by atoms with Crippen LogP contribution in [0, 0.1) is 25.5 Å². The first-order chi connectivity index (χ1) is 14.9. The van der Waals surface area contributed by atoms with Gasteiger partial charge >= 0.3 is 6.18 Å². The Morgan fingerprint density at radius 2 is 1.75 bits per heavy atom. The van der Waals surface area contributed by atoms with Gasteiger partial charge in [-0.1, -0.05) is 6.07 Å². The molecular weight excluding hydrogens is 429 g/mol. The topological polar surface area (TPSA) is 58.5 Å². The lowest BCUT2D eigenvalue weighted by Crippen LogP contribution is -2.37. The Labute approximate surface area is 180 Å². The molecule has 0 radical (unpaired) electrons. The van der Waals surface area contributed by atoms with Crippen LogP contribution in [-0.4, -0.2) is 19.7 Å². The molecule has 168 valence electrons. The minimum Gasteiger partial charge on any atom is -0.371 e. The predicted octanol–water partition coefficient (Wildman–Crippen LogP) is 5.96. The summed E-state index contributed by atoms with van der Waals surface area (Å²) < 4.78 is 74.3. The number of H-pyrrole nitrogens is 1. The average Bonchev–Trinajstić information content (AvgIpc) is 3.09. The highest BCUT2D eigenvalue weighted by atomic mass is 19.4. The summed E-state index contributed by atoms with van der Waals surface area (Å²) in [6.07, 6.45) is -2.54. The van der Waals surface area contributed by atoms with E-state index >= 15 is 4.39 Å². The van der Waals surface area contributed by atoms with Crippen LogP contribution in [0.2, 0.25) is 0 Å². The van der Waals surface area contributed by atoms with E-state index in [0.29, 0.717) is 5.56 Å². The fraction of sp³-hybridized carbons (Fsp3) is 0.273. The molecule has 0 fully saturated rings. The molecule has 32 heavy (non-hydrogen) atoms. The van der Waals surface area contributed by atoms with Gasteiger partial charge in [-0.25, -0.2) is 8.78 Å². The molecule has 3 heterocycles. The maximum absolute atomic E-state index is 15.4. The third kappa shape index (κ3) is 3.49. The van der Waals surface area contributed by atoms with Crippen LogP contribution in [0.15, 0.2) is 36.7 Å². The lowest BCUT2D eigenvalue weighted by atomic mass is 9.91. The number of nitrogens with one attached hydrogen (secondary N) is 2. The fourth-order valence-corrected chi connectivity index (χ4v) is 3.95. The summed E-state index contributed by atoms with van der Waals surface area (Å²) in [7, 11) is 0. The molecule has 2 N–H and O–H groups in total. The smallest absolute Gasteiger partial charge is 0.371 e. The molecule has 4 rings (SSSR count). The van der Waals surface area contributed by atoms with Crippen molar-refractivity contribution in [1.82, 2.24) is 19.7 Å². The highest BCUT2D eigenvalue weighted by molar-refractivity contribution is 5.82. The normalized spacial score (nSPS) is 14.3. The molecule has 0 amide bonds. The first kappa shape index (κ1) is 21.8. The maximum atomic E-state index is 15.4. The van der Waals surface area contributed by atoms with Gasteiger partial charge in [0, 0.05) is 18.0 Å². The number of hydrogen-bond acceptors (Lipinski definition) is 3. The molecule has 10 heteroatoms. The number of benzene rings is 1. The standard InChI is InChI=1S/C22H20F5N5/c1-11-7-8-28-10-13(23)5-6-14(11)17-15(24)9-16-19(18(17)22(25,26)27)32-12(2)30-31-20(32)21(3,4)29-16/h5-10,28-29H,1-4H3. The van der Waals surface area contributed by atoms with E-state index in [-0.39, 0.29) is 28.6 Å². The first-order valence-electron chi connectivity index (χ1n) is 9.74. The summed E-state index contributed by atoms with van der Waals surface area (Å²) in [6, 6.07) is 4.59. The predicted molar refractivity (Wildman–Crippen MR) is 110 cm³/mol. The number of nitrogens with zero attached hydrogens (tertiary/aromatic N) is 3. The molecule has 1 aliphatic rings. The van der Waals surface area contributed by atoms with Crippen LogP contribution < -0.4 is 5.32 Å². The lowest BCUT2D eigenvalue weighted by Gasteiger charge is -2.36. The third-order valence-electron chi connectivity index (χ3n) is 5.34. The van der Waals surface area contributed by atoms with E-state index < -0.39 is 34.5 Å². The van der Waals surface area contributed by atoms with Crippen molar-refractivity contribution in [2.24, 2.45) is 0 Å². The molecule has 0 bridgehead atoms. The van der Waals surface area contributed by atoms with Gasteiger partial charge in [-0.15, -0.1) is 10.2 Å². The van der Waals surface area contributed by atoms with Crippen LogP contribution >= 0.6 is 0 Å². The quantitative estimate of drug-likeness (QED) is 0.451. The van der Waals surface area contributed by atoms with E-state index in [2.05, 4.69) is 20.5 Å². The van der Waals surface area contributed by atoms with Crippen molar-refractivity contribution >= 4 is 5.69 Å². The van der Waals surface area contributed by atoms with Crippen LogP contribution in [0.25, 0.3) is 16.8 Å². The molecule has 0 aliphatic carbocycles. The zero-order valence-corrected chi connectivity index (χ0v) is 17.7. The number of alkyl halides is 3. The number of hydrogen-bond donors (Lipinski definition) is 2. The summed E-state index contributed by atoms with van der Waals surface area (Å²) in [5, 5.41) is 11.0. The van der Waals surface area contributed by atoms with Crippen molar-refractivity contribution in [3.63, 3.8) is 0 Å². The molecule has 0 saturated carbocycles. The molecule has 3 aromatic rings.